The summed E-state index contributed by atoms with van der Waals surface area (Å²) in [5.41, 5.74) is 19.5. The van der Waals surface area contributed by atoms with Crippen molar-refractivity contribution >= 4 is 122 Å². The molecule has 10 heteroatoms. The molecule has 0 unspecified atom stereocenters. The van der Waals surface area contributed by atoms with Crippen molar-refractivity contribution in [2.45, 2.75) is 69.2 Å². The Hall–Kier alpha value is -6.88. The van der Waals surface area contributed by atoms with Crippen LogP contribution in [0.4, 0.5) is 11.4 Å². The Labute approximate surface area is 422 Å². The highest BCUT2D eigenvalue weighted by molar-refractivity contribution is 7.00. The summed E-state index contributed by atoms with van der Waals surface area (Å²) in [5, 5.41) is 10.7. The van der Waals surface area contributed by atoms with Crippen molar-refractivity contribution in [2.75, 3.05) is 38.0 Å². The van der Waals surface area contributed by atoms with Crippen LogP contribution in [0.1, 0.15) is 61.1 Å². The van der Waals surface area contributed by atoms with Gasteiger partial charge in [0, 0.05) is 85.8 Å². The van der Waals surface area contributed by atoms with Crippen molar-refractivity contribution < 1.29 is 0 Å². The van der Waals surface area contributed by atoms with Crippen molar-refractivity contribution in [3.63, 3.8) is 0 Å². The molecule has 0 saturated carbocycles. The van der Waals surface area contributed by atoms with E-state index in [1.165, 1.54) is 133 Å². The van der Waals surface area contributed by atoms with E-state index < -0.39 is 0 Å². The van der Waals surface area contributed by atoms with E-state index >= 15 is 0 Å². The number of hydrogen-bond donors (Lipinski definition) is 0. The average Bonchev–Trinajstić information content (AvgIpc) is 4.20. The highest BCUT2D eigenvalue weighted by atomic mass is 32.1. The molecule has 0 atom stereocenters. The highest BCUT2D eigenvalue weighted by Crippen LogP contribution is 2.37. The zero-order valence-electron chi connectivity index (χ0n) is 43.9. The third-order valence-electron chi connectivity index (χ3n) is 13.6. The van der Waals surface area contributed by atoms with Gasteiger partial charge in [-0.25, -0.2) is 0 Å². The summed E-state index contributed by atoms with van der Waals surface area (Å²) in [7, 11) is 12.5. The lowest BCUT2D eigenvalue weighted by Gasteiger charge is -2.19. The third-order valence-corrected chi connectivity index (χ3v) is 14.6. The van der Waals surface area contributed by atoms with Crippen molar-refractivity contribution in [3.8, 4) is 0 Å². The van der Waals surface area contributed by atoms with E-state index in [4.69, 9.17) is 0 Å². The minimum atomic E-state index is 1.03. The van der Waals surface area contributed by atoms with Gasteiger partial charge in [0.1, 0.15) is 22.1 Å². The predicted octanol–water partition coefficient (Wildman–Crippen LogP) is 16.4. The fraction of sp³-hybridized carbons (Fsp3) is 0.267. The second-order valence-electron chi connectivity index (χ2n) is 17.7. The SMILES string of the molecule is CC.CC.Cc1c(C)c(N(C)C)c2nsnc2c1C.Cc1c(C)c(N(C)C)c2nsnc2c1C.Cn1c2ccccc2c2c3ccccc3ccc21.Cn1c2ccccc2c2ccc3ccccc3c21. The topological polar surface area (TPSA) is 67.9 Å². The smallest absolute Gasteiger partial charge is 0.128 e. The maximum Gasteiger partial charge on any atom is 0.128 e. The zero-order valence-corrected chi connectivity index (χ0v) is 45.6. The van der Waals surface area contributed by atoms with E-state index in [1.807, 2.05) is 27.7 Å². The average molecular weight is 965 g/mol. The molecule has 0 bridgehead atoms. The standard InChI is InChI=1S/2C17H13N.2C11H15N3S.2C2H6/c1-18-16-9-5-4-8-14(16)15-11-10-12-6-2-3-7-13(12)17(15)18;1-18-15-9-5-4-8-14(15)17-13-7-3-2-6-12(13)10-11-16(17)18;2*1-6-7(2)9-10(13-15-12-9)11(8(6)3)14(4)5;2*1-2/h2*2-11H,1H3;2*1-5H3;2*1-2H3. The number of hydrogen-bond acceptors (Lipinski definition) is 8. The van der Waals surface area contributed by atoms with Crippen molar-refractivity contribution in [2.24, 2.45) is 14.1 Å². The van der Waals surface area contributed by atoms with Crippen LogP contribution in [0.2, 0.25) is 0 Å². The molecule has 0 aliphatic heterocycles. The number of para-hydroxylation sites is 2. The molecule has 0 spiro atoms. The minimum absolute atomic E-state index is 1.03. The Morgan fingerprint density at radius 2 is 0.757 bits per heavy atom. The molecular formula is C60H68N8S2. The molecule has 0 aliphatic carbocycles. The van der Waals surface area contributed by atoms with Crippen molar-refractivity contribution in [1.82, 2.24) is 26.6 Å². The molecule has 360 valence electrons. The van der Waals surface area contributed by atoms with E-state index in [1.54, 1.807) is 0 Å². The van der Waals surface area contributed by atoms with Crippen LogP contribution >= 0.6 is 23.5 Å². The van der Waals surface area contributed by atoms with Gasteiger partial charge in [-0.3, -0.25) is 0 Å². The summed E-state index contributed by atoms with van der Waals surface area (Å²) < 4.78 is 22.1. The first-order chi connectivity index (χ1) is 33.8. The Kier molecular flexibility index (Phi) is 15.9. The number of nitrogens with zero attached hydrogens (tertiary/aromatic N) is 8. The number of benzene rings is 8. The lowest BCUT2D eigenvalue weighted by molar-refractivity contribution is 1.01. The van der Waals surface area contributed by atoms with Gasteiger partial charge in [0.2, 0.25) is 0 Å². The highest BCUT2D eigenvalue weighted by Gasteiger charge is 2.18. The number of aryl methyl sites for hydroxylation is 4. The molecule has 0 aliphatic rings. The Morgan fingerprint density at radius 3 is 1.27 bits per heavy atom. The summed E-state index contributed by atoms with van der Waals surface area (Å²) in [6.45, 7) is 20.8. The van der Waals surface area contributed by atoms with Crippen LogP contribution in [-0.2, 0) is 14.1 Å². The van der Waals surface area contributed by atoms with Crippen molar-refractivity contribution in [1.29, 1.82) is 0 Å². The Balaban J connectivity index is 0.000000135. The number of anilines is 2. The van der Waals surface area contributed by atoms with Gasteiger partial charge in [0.25, 0.3) is 0 Å². The largest absolute Gasteiger partial charge is 0.376 e. The van der Waals surface area contributed by atoms with E-state index in [0.29, 0.717) is 0 Å². The van der Waals surface area contributed by atoms with Gasteiger partial charge in [-0.1, -0.05) is 131 Å². The number of rotatable bonds is 2. The predicted molar refractivity (Wildman–Crippen MR) is 310 cm³/mol. The maximum atomic E-state index is 4.39. The normalized spacial score (nSPS) is 10.9. The molecular weight excluding hydrogens is 897 g/mol. The van der Waals surface area contributed by atoms with Crippen LogP contribution in [0.5, 0.6) is 0 Å². The second-order valence-corrected chi connectivity index (χ2v) is 18.7. The second kappa shape index (κ2) is 21.8. The quantitative estimate of drug-likeness (QED) is 0.172. The molecule has 8 nitrogen and oxygen atoms in total. The molecule has 4 heterocycles. The minimum Gasteiger partial charge on any atom is -0.376 e. The van der Waals surface area contributed by atoms with Crippen LogP contribution in [0, 0.1) is 41.5 Å². The van der Waals surface area contributed by atoms with Gasteiger partial charge in [-0.05, 0) is 109 Å². The first-order valence-electron chi connectivity index (χ1n) is 24.3. The molecule has 8 aromatic carbocycles. The van der Waals surface area contributed by atoms with Gasteiger partial charge in [0.15, 0.2) is 0 Å². The number of fused-ring (bicyclic) bond motifs is 12. The van der Waals surface area contributed by atoms with E-state index in [9.17, 15) is 0 Å². The van der Waals surface area contributed by atoms with Gasteiger partial charge < -0.3 is 18.9 Å². The number of aromatic nitrogens is 6. The van der Waals surface area contributed by atoms with E-state index in [-0.39, 0.29) is 0 Å². The molecule has 0 amide bonds. The van der Waals surface area contributed by atoms with Crippen molar-refractivity contribution in [3.05, 3.63) is 155 Å². The maximum absolute atomic E-state index is 4.39. The van der Waals surface area contributed by atoms with Crippen LogP contribution in [-0.4, -0.2) is 54.8 Å². The van der Waals surface area contributed by atoms with Crippen LogP contribution < -0.4 is 9.80 Å². The molecule has 12 aromatic rings. The van der Waals surface area contributed by atoms with Gasteiger partial charge in [-0.2, -0.15) is 17.5 Å². The van der Waals surface area contributed by atoms with Crippen LogP contribution in [0.25, 0.3) is 87.2 Å². The molecule has 0 N–H and O–H groups in total. The molecule has 0 fully saturated rings. The molecule has 12 rings (SSSR count). The van der Waals surface area contributed by atoms with Gasteiger partial charge >= 0.3 is 0 Å². The Bertz CT molecular complexity index is 3670. The van der Waals surface area contributed by atoms with E-state index in [2.05, 4.69) is 242 Å². The summed E-state index contributed by atoms with van der Waals surface area (Å²) in [6, 6.07) is 43.3. The fourth-order valence-electron chi connectivity index (χ4n) is 9.78. The third kappa shape index (κ3) is 9.18. The molecule has 4 aromatic heterocycles. The lowest BCUT2D eigenvalue weighted by Crippen LogP contribution is -2.12. The van der Waals surface area contributed by atoms with Gasteiger partial charge in [-0.15, -0.1) is 0 Å². The van der Waals surface area contributed by atoms with E-state index in [0.717, 1.165) is 22.1 Å². The van der Waals surface area contributed by atoms with Gasteiger partial charge in [0.05, 0.1) is 40.3 Å². The lowest BCUT2D eigenvalue weighted by atomic mass is 10.00. The summed E-state index contributed by atoms with van der Waals surface area (Å²) in [4.78, 5) is 4.23. The molecule has 0 radical (unpaired) electrons. The first-order valence-corrected chi connectivity index (χ1v) is 25.7. The van der Waals surface area contributed by atoms with Crippen LogP contribution in [0.15, 0.2) is 121 Å². The summed E-state index contributed by atoms with van der Waals surface area (Å²) in [6.07, 6.45) is 0. The first kappa shape index (κ1) is 51.0. The molecule has 0 saturated heterocycles. The van der Waals surface area contributed by atoms with Crippen LogP contribution in [0.3, 0.4) is 0 Å². The fourth-order valence-corrected chi connectivity index (χ4v) is 11.0. The summed E-state index contributed by atoms with van der Waals surface area (Å²) >= 11 is 2.58. The molecule has 70 heavy (non-hydrogen) atoms. The summed E-state index contributed by atoms with van der Waals surface area (Å²) in [5.74, 6) is 0. The monoisotopic (exact) mass is 965 g/mol. The Morgan fingerprint density at radius 1 is 0.357 bits per heavy atom. The zero-order chi connectivity index (χ0) is 50.6.